The molecule has 218 valence electrons. The molecule has 1 aromatic carbocycles. The molecule has 9 nitrogen and oxygen atoms in total. The van der Waals surface area contributed by atoms with Crippen LogP contribution in [0.3, 0.4) is 0 Å². The van der Waals surface area contributed by atoms with Gasteiger partial charge in [0, 0.05) is 36.0 Å². The fraction of sp³-hybridized carbons (Fsp3) is 0.423. The largest absolute Gasteiger partial charge is 0.494 e. The third kappa shape index (κ3) is 7.13. The average Bonchev–Trinajstić information content (AvgIpc) is 3.33. The van der Waals surface area contributed by atoms with Gasteiger partial charge in [-0.25, -0.2) is 0 Å². The monoisotopic (exact) mass is 581 g/mol. The van der Waals surface area contributed by atoms with E-state index >= 15 is 0 Å². The Bertz CT molecular complexity index is 1540. The van der Waals surface area contributed by atoms with Gasteiger partial charge in [-0.3, -0.25) is 9.48 Å². The highest BCUT2D eigenvalue weighted by Crippen LogP contribution is 2.40. The number of ether oxygens (including phenoxy) is 1. The highest BCUT2D eigenvalue weighted by atomic mass is 19.4. The molecule has 0 radical (unpaired) electrons. The lowest BCUT2D eigenvalue weighted by Crippen LogP contribution is -2.15. The number of hydrogen-bond acceptors (Lipinski definition) is 6. The van der Waals surface area contributed by atoms with Crippen molar-refractivity contribution in [3.05, 3.63) is 52.4 Å². The zero-order valence-corrected chi connectivity index (χ0v) is 21.5. The van der Waals surface area contributed by atoms with Crippen LogP contribution >= 0.6 is 0 Å². The quantitative estimate of drug-likeness (QED) is 0.166. The highest BCUT2D eigenvalue weighted by molar-refractivity contribution is 5.82. The summed E-state index contributed by atoms with van der Waals surface area (Å²) >= 11 is 0. The van der Waals surface area contributed by atoms with Crippen molar-refractivity contribution in [1.29, 1.82) is 0 Å². The van der Waals surface area contributed by atoms with Crippen molar-refractivity contribution in [2.24, 2.45) is 5.92 Å². The standard InChI is InChI=1S/C26H25F6N7O2/c27-25(28,29)9-2-1-3-11-41-16-6-7-17(19(12-16)26(30,31)32)21-13-18(20-8-10-39(36-20)14-15-4-5-15)22(24(40)33-21)23-34-37-38-35-23/h6-8,10,12-13,15H,1-5,9,11,14H2,(H,33,40)(H,34,35,37,38). The van der Waals surface area contributed by atoms with E-state index in [-0.39, 0.29) is 59.8 Å². The minimum absolute atomic E-state index is 0.00166. The van der Waals surface area contributed by atoms with Gasteiger partial charge in [0.2, 0.25) is 5.82 Å². The second-order valence-corrected chi connectivity index (χ2v) is 9.88. The summed E-state index contributed by atoms with van der Waals surface area (Å²) in [6.45, 7) is 0.647. The molecule has 0 bridgehead atoms. The van der Waals surface area contributed by atoms with Crippen LogP contribution in [-0.2, 0) is 12.7 Å². The first kappa shape index (κ1) is 28.4. The molecule has 1 saturated carbocycles. The van der Waals surface area contributed by atoms with E-state index in [1.54, 1.807) is 16.9 Å². The summed E-state index contributed by atoms with van der Waals surface area (Å²) in [5, 5.41) is 18.0. The molecule has 2 N–H and O–H groups in total. The van der Waals surface area contributed by atoms with E-state index in [1.807, 2.05) is 0 Å². The van der Waals surface area contributed by atoms with E-state index in [2.05, 4.69) is 30.7 Å². The molecular weight excluding hydrogens is 556 g/mol. The lowest BCUT2D eigenvalue weighted by Gasteiger charge is -2.16. The molecule has 1 fully saturated rings. The van der Waals surface area contributed by atoms with Crippen LogP contribution in [0.2, 0.25) is 0 Å². The molecule has 1 aliphatic rings. The van der Waals surface area contributed by atoms with Gasteiger partial charge in [0.05, 0.1) is 23.4 Å². The van der Waals surface area contributed by atoms with Gasteiger partial charge >= 0.3 is 12.4 Å². The molecule has 0 saturated heterocycles. The number of rotatable bonds is 11. The maximum Gasteiger partial charge on any atom is 0.417 e. The van der Waals surface area contributed by atoms with Crippen LogP contribution in [0.1, 0.15) is 44.1 Å². The summed E-state index contributed by atoms with van der Waals surface area (Å²) in [6.07, 6.45) is -5.67. The number of pyridine rings is 1. The summed E-state index contributed by atoms with van der Waals surface area (Å²) in [5.41, 5.74) is -1.62. The summed E-state index contributed by atoms with van der Waals surface area (Å²) in [7, 11) is 0. The summed E-state index contributed by atoms with van der Waals surface area (Å²) in [5.74, 6) is 0.380. The Morgan fingerprint density at radius 3 is 2.49 bits per heavy atom. The summed E-state index contributed by atoms with van der Waals surface area (Å²) in [4.78, 5) is 15.7. The van der Waals surface area contributed by atoms with E-state index in [1.165, 1.54) is 18.2 Å². The van der Waals surface area contributed by atoms with Gasteiger partial charge in [0.25, 0.3) is 5.56 Å². The fourth-order valence-electron chi connectivity index (χ4n) is 4.45. The van der Waals surface area contributed by atoms with Crippen LogP contribution in [0.4, 0.5) is 26.3 Å². The van der Waals surface area contributed by atoms with E-state index in [4.69, 9.17) is 4.74 Å². The smallest absolute Gasteiger partial charge is 0.417 e. The topological polar surface area (TPSA) is 114 Å². The predicted molar refractivity (Wildman–Crippen MR) is 135 cm³/mol. The minimum atomic E-state index is -4.81. The molecule has 4 aromatic rings. The highest BCUT2D eigenvalue weighted by Gasteiger charge is 2.35. The predicted octanol–water partition coefficient (Wildman–Crippen LogP) is 6.02. The van der Waals surface area contributed by atoms with Crippen molar-refractivity contribution >= 4 is 0 Å². The first-order valence-electron chi connectivity index (χ1n) is 12.9. The van der Waals surface area contributed by atoms with Crippen LogP contribution in [0.5, 0.6) is 5.75 Å². The van der Waals surface area contributed by atoms with E-state index in [0.29, 0.717) is 18.2 Å². The van der Waals surface area contributed by atoms with E-state index < -0.39 is 29.9 Å². The molecular formula is C26H25F6N7O2. The molecule has 0 unspecified atom stereocenters. The molecule has 5 rings (SSSR count). The van der Waals surface area contributed by atoms with Crippen LogP contribution in [-0.4, -0.2) is 48.2 Å². The fourth-order valence-corrected chi connectivity index (χ4v) is 4.45. The Balaban J connectivity index is 1.45. The molecule has 0 atom stereocenters. The maximum absolute atomic E-state index is 14.2. The van der Waals surface area contributed by atoms with Gasteiger partial charge in [0.1, 0.15) is 5.75 Å². The summed E-state index contributed by atoms with van der Waals surface area (Å²) < 4.78 is 86.5. The Morgan fingerprint density at radius 2 is 1.80 bits per heavy atom. The zero-order valence-electron chi connectivity index (χ0n) is 21.5. The van der Waals surface area contributed by atoms with Crippen LogP contribution in [0, 0.1) is 5.92 Å². The Labute approximate surface area is 228 Å². The number of aromatic amines is 2. The maximum atomic E-state index is 14.2. The third-order valence-electron chi connectivity index (χ3n) is 6.62. The number of halogens is 6. The number of unbranched alkanes of at least 4 members (excludes halogenated alkanes) is 2. The Hall–Kier alpha value is -4.17. The summed E-state index contributed by atoms with van der Waals surface area (Å²) in [6, 6.07) is 6.36. The Kier molecular flexibility index (Phi) is 7.87. The van der Waals surface area contributed by atoms with Crippen LogP contribution < -0.4 is 10.3 Å². The number of nitrogens with one attached hydrogen (secondary N) is 2. The molecule has 0 spiro atoms. The van der Waals surface area contributed by atoms with Crippen molar-refractivity contribution in [2.75, 3.05) is 6.61 Å². The number of tetrazole rings is 1. The normalized spacial score (nSPS) is 14.0. The van der Waals surface area contributed by atoms with Crippen molar-refractivity contribution in [1.82, 2.24) is 35.4 Å². The van der Waals surface area contributed by atoms with Gasteiger partial charge in [-0.2, -0.15) is 36.7 Å². The van der Waals surface area contributed by atoms with Crippen molar-refractivity contribution in [2.45, 2.75) is 57.4 Å². The van der Waals surface area contributed by atoms with E-state index in [0.717, 1.165) is 18.9 Å². The van der Waals surface area contributed by atoms with Crippen LogP contribution in [0.15, 0.2) is 41.3 Å². The SMILES string of the molecule is O=c1[nH]c(-c2ccc(OCCCCCC(F)(F)F)cc2C(F)(F)F)cc(-c2ccn(CC3CC3)n2)c1-c1nn[nH]n1. The second-order valence-electron chi connectivity index (χ2n) is 9.88. The number of benzene rings is 1. The number of hydrogen-bond donors (Lipinski definition) is 2. The first-order chi connectivity index (χ1) is 19.5. The molecule has 3 aromatic heterocycles. The van der Waals surface area contributed by atoms with Crippen LogP contribution in [0.25, 0.3) is 33.9 Å². The number of aromatic nitrogens is 7. The second kappa shape index (κ2) is 11.4. The number of alkyl halides is 6. The number of H-pyrrole nitrogens is 2. The molecule has 1 aliphatic carbocycles. The first-order valence-corrected chi connectivity index (χ1v) is 12.9. The molecule has 15 heteroatoms. The lowest BCUT2D eigenvalue weighted by atomic mass is 9.98. The van der Waals surface area contributed by atoms with E-state index in [9.17, 15) is 31.1 Å². The molecule has 41 heavy (non-hydrogen) atoms. The van der Waals surface area contributed by atoms with Gasteiger partial charge in [-0.1, -0.05) is 0 Å². The van der Waals surface area contributed by atoms with Gasteiger partial charge in [-0.05, 0) is 73.6 Å². The van der Waals surface area contributed by atoms with Crippen molar-refractivity contribution in [3.63, 3.8) is 0 Å². The van der Waals surface area contributed by atoms with Crippen molar-refractivity contribution in [3.8, 4) is 39.7 Å². The minimum Gasteiger partial charge on any atom is -0.494 e. The van der Waals surface area contributed by atoms with Crippen molar-refractivity contribution < 1.29 is 31.1 Å². The third-order valence-corrected chi connectivity index (χ3v) is 6.62. The van der Waals surface area contributed by atoms with Gasteiger partial charge < -0.3 is 9.72 Å². The van der Waals surface area contributed by atoms with Gasteiger partial charge in [0.15, 0.2) is 0 Å². The number of nitrogens with zero attached hydrogens (tertiary/aromatic N) is 5. The zero-order chi connectivity index (χ0) is 29.2. The average molecular weight is 582 g/mol. The molecule has 0 aliphatic heterocycles. The van der Waals surface area contributed by atoms with Gasteiger partial charge in [-0.15, -0.1) is 10.2 Å². The molecule has 0 amide bonds. The lowest BCUT2D eigenvalue weighted by molar-refractivity contribution is -0.137. The Morgan fingerprint density at radius 1 is 1.00 bits per heavy atom. The molecule has 3 heterocycles.